The average molecular weight is 837 g/mol. The molecule has 0 radical (unpaired) electrons. The molecule has 4 heterocycles. The van der Waals surface area contributed by atoms with E-state index in [9.17, 15) is 29.7 Å². The Morgan fingerprint density at radius 2 is 1.35 bits per heavy atom. The van der Waals surface area contributed by atoms with E-state index >= 15 is 0 Å². The van der Waals surface area contributed by atoms with Crippen molar-refractivity contribution in [2.45, 2.75) is 101 Å². The number of H-pyrrole nitrogens is 1. The van der Waals surface area contributed by atoms with E-state index in [1.165, 1.54) is 0 Å². The Bertz CT molecular complexity index is 2650. The zero-order valence-electron chi connectivity index (χ0n) is 33.7. The van der Waals surface area contributed by atoms with Crippen molar-refractivity contribution in [3.8, 4) is 12.1 Å². The van der Waals surface area contributed by atoms with Crippen molar-refractivity contribution in [3.05, 3.63) is 77.1 Å². The van der Waals surface area contributed by atoms with E-state index in [4.69, 9.17) is 11.6 Å². The monoisotopic (exact) mass is 836 g/mol. The molecule has 2 saturated heterocycles. The molecule has 57 heavy (non-hydrogen) atoms. The van der Waals surface area contributed by atoms with Gasteiger partial charge in [0.15, 0.2) is 0 Å². The second-order valence-corrected chi connectivity index (χ2v) is 21.8. The number of nitrogens with one attached hydrogen (secondary N) is 1. The first-order chi connectivity index (χ1) is 26.9. The third-order valence-electron chi connectivity index (χ3n) is 13.6. The van der Waals surface area contributed by atoms with Crippen molar-refractivity contribution >= 4 is 48.9 Å². The summed E-state index contributed by atoms with van der Waals surface area (Å²) >= 11 is -1.21. The molecule has 14 nitrogen and oxygen atoms in total. The second-order valence-electron chi connectivity index (χ2n) is 18.1. The molecule has 2 aromatic heterocycles. The van der Waals surface area contributed by atoms with Gasteiger partial charge in [-0.15, -0.1) is 0 Å². The molecule has 5 unspecified atom stereocenters. The van der Waals surface area contributed by atoms with Crippen LogP contribution in [0, 0.1) is 59.2 Å². The molecule has 0 bridgehead atoms. The molecule has 2 aliphatic carbocycles. The number of hydrogen-bond acceptors (Lipinski definition) is 10. The molecular weight excluding hydrogens is 783 g/mol. The third-order valence-corrected chi connectivity index (χ3v) is 20.0. The summed E-state index contributed by atoms with van der Waals surface area (Å²) in [5.74, 6) is 6.04. The van der Waals surface area contributed by atoms with Crippen LogP contribution in [-0.2, 0) is 0 Å². The van der Waals surface area contributed by atoms with Gasteiger partial charge in [0.05, 0.1) is 0 Å². The van der Waals surface area contributed by atoms with Gasteiger partial charge in [-0.1, -0.05) is 0 Å². The van der Waals surface area contributed by atoms with Crippen LogP contribution < -0.4 is 43.9 Å². The van der Waals surface area contributed by atoms with Crippen molar-refractivity contribution in [1.29, 1.82) is 10.5 Å². The summed E-state index contributed by atoms with van der Waals surface area (Å²) in [6.07, 6.45) is 5.15. The van der Waals surface area contributed by atoms with E-state index in [2.05, 4.69) is 26.9 Å². The molecule has 5 N–H and O–H groups in total. The number of aromatic nitrogens is 4. The minimum atomic E-state index is -1.21. The summed E-state index contributed by atoms with van der Waals surface area (Å²) in [5.41, 5.74) is 9.41. The molecule has 2 saturated carbocycles. The molecule has 8 rings (SSSR count). The number of nitriles is 2. The topological polar surface area (TPSA) is 205 Å². The van der Waals surface area contributed by atoms with Crippen molar-refractivity contribution in [1.82, 2.24) is 18.8 Å². The van der Waals surface area contributed by atoms with Gasteiger partial charge in [-0.05, 0) is 0 Å². The summed E-state index contributed by atoms with van der Waals surface area (Å²) in [4.78, 5) is 59.4. The fourth-order valence-electron chi connectivity index (χ4n) is 9.89. The van der Waals surface area contributed by atoms with Crippen LogP contribution in [0.15, 0.2) is 43.4 Å². The standard InChI is InChI=1S/C42H53AsN10O4/c1-23-31(13-11-29-33(23)51(27-7-8-27)38(56)48-36(29)54)49-17-15-25(19-49)35(40(3,4)21-44)43-42(46,41(5,6)22-45)26-16-18-50(20-26)32-14-12-30-34(24(32)2)52(28-9-10-28)39(57)53(47)37(30)55/h11-14,25-28,35,43H,7-10,15-20,46-47H2,1-6H3,(H,48,54,56). The van der Waals surface area contributed by atoms with Gasteiger partial charge in [0, 0.05) is 0 Å². The first-order valence-electron chi connectivity index (χ1n) is 20.2. The molecule has 300 valence electrons. The van der Waals surface area contributed by atoms with Gasteiger partial charge < -0.3 is 0 Å². The Morgan fingerprint density at radius 1 is 0.789 bits per heavy atom. The van der Waals surface area contributed by atoms with Crippen LogP contribution in [0.4, 0.5) is 11.4 Å². The predicted molar refractivity (Wildman–Crippen MR) is 225 cm³/mol. The van der Waals surface area contributed by atoms with Gasteiger partial charge in [-0.2, -0.15) is 0 Å². The fraction of sp³-hybridized carbons (Fsp3) is 0.571. The number of anilines is 2. The first-order valence-corrected chi connectivity index (χ1v) is 22.4. The normalized spacial score (nSPS) is 22.1. The van der Waals surface area contributed by atoms with Crippen molar-refractivity contribution in [3.63, 3.8) is 0 Å². The van der Waals surface area contributed by atoms with Gasteiger partial charge in [0.25, 0.3) is 0 Å². The number of rotatable bonds is 10. The predicted octanol–water partition coefficient (Wildman–Crippen LogP) is 3.50. The second kappa shape index (κ2) is 13.7. The van der Waals surface area contributed by atoms with Gasteiger partial charge in [0.2, 0.25) is 0 Å². The molecule has 2 aliphatic heterocycles. The van der Waals surface area contributed by atoms with Crippen LogP contribution in [-0.4, -0.2) is 65.1 Å². The molecule has 15 heteroatoms. The molecule has 4 aromatic rings. The summed E-state index contributed by atoms with van der Waals surface area (Å²) in [7, 11) is 0. The zero-order valence-corrected chi connectivity index (χ0v) is 35.8. The maximum absolute atomic E-state index is 13.2. The molecule has 0 amide bonds. The van der Waals surface area contributed by atoms with E-state index in [-0.39, 0.29) is 39.9 Å². The SMILES string of the molecule is Cc1c(N2CCC(C([AsH]C(N)(C3CCN(c4ccc5c(=O)n(N)c(=O)n(C6CC6)c5c4C)C3)C(C)(C)C#N)C(C)(C)C#N)C2)ccc2c(=O)[nH]c(=O)n(C3CC3)c12. The van der Waals surface area contributed by atoms with Crippen LogP contribution in [0.2, 0.25) is 4.71 Å². The van der Waals surface area contributed by atoms with Crippen LogP contribution >= 0.6 is 0 Å². The average Bonchev–Trinajstić information content (AvgIpc) is 4.10. The summed E-state index contributed by atoms with van der Waals surface area (Å²) in [5, 5.41) is 22.3. The van der Waals surface area contributed by atoms with Crippen LogP contribution in [0.1, 0.15) is 89.4 Å². The fourth-order valence-corrected chi connectivity index (χ4v) is 14.8. The number of hydrogen-bond donors (Lipinski definition) is 3. The summed E-state index contributed by atoms with van der Waals surface area (Å²) < 4.78 is 3.28. The number of nitrogens with zero attached hydrogens (tertiary/aromatic N) is 7. The number of aryl methyl sites for hydroxylation is 2. The molecule has 4 fully saturated rings. The molecule has 0 spiro atoms. The van der Waals surface area contributed by atoms with Gasteiger partial charge >= 0.3 is 339 Å². The van der Waals surface area contributed by atoms with Gasteiger partial charge in [-0.25, -0.2) is 0 Å². The number of nitrogen functional groups attached to an aromatic ring is 1. The molecular formula is C42H53AsN10O4. The van der Waals surface area contributed by atoms with Crippen molar-refractivity contribution in [2.24, 2.45) is 28.4 Å². The Morgan fingerprint density at radius 3 is 1.95 bits per heavy atom. The number of aromatic amines is 1. The number of fused-ring (bicyclic) bond motifs is 2. The third kappa shape index (κ3) is 6.22. The minimum absolute atomic E-state index is 0.0143. The van der Waals surface area contributed by atoms with E-state index in [0.717, 1.165) is 67.6 Å². The van der Waals surface area contributed by atoms with Gasteiger partial charge in [0.1, 0.15) is 0 Å². The quantitative estimate of drug-likeness (QED) is 0.157. The zero-order chi connectivity index (χ0) is 40.9. The van der Waals surface area contributed by atoms with Crippen LogP contribution in [0.25, 0.3) is 21.8 Å². The van der Waals surface area contributed by atoms with Crippen molar-refractivity contribution < 1.29 is 0 Å². The molecule has 4 aliphatic rings. The van der Waals surface area contributed by atoms with E-state index in [1.807, 2.05) is 59.7 Å². The van der Waals surface area contributed by atoms with Crippen molar-refractivity contribution in [2.75, 3.05) is 41.8 Å². The summed E-state index contributed by atoms with van der Waals surface area (Å²) in [6, 6.07) is 12.9. The number of benzene rings is 2. The molecule has 2 aromatic carbocycles. The maximum atomic E-state index is 13.2. The van der Waals surface area contributed by atoms with E-state index in [0.29, 0.717) is 46.1 Å². The Kier molecular flexibility index (Phi) is 9.37. The van der Waals surface area contributed by atoms with E-state index < -0.39 is 42.2 Å². The Balaban J connectivity index is 1.11. The Hall–Kier alpha value is -4.78. The first kappa shape index (κ1) is 39.1. The summed E-state index contributed by atoms with van der Waals surface area (Å²) in [6.45, 7) is 14.6. The van der Waals surface area contributed by atoms with Crippen LogP contribution in [0.3, 0.4) is 0 Å². The van der Waals surface area contributed by atoms with E-state index in [1.54, 1.807) is 15.2 Å². The number of nitrogens with two attached hydrogens (primary N) is 2. The Labute approximate surface area is 337 Å². The molecule has 5 atom stereocenters. The van der Waals surface area contributed by atoms with Crippen LogP contribution in [0.5, 0.6) is 0 Å². The van der Waals surface area contributed by atoms with Gasteiger partial charge in [-0.3, -0.25) is 0 Å².